The number of benzene rings is 1. The first-order valence-corrected chi connectivity index (χ1v) is 7.73. The Morgan fingerprint density at radius 2 is 2.22 bits per heavy atom. The van der Waals surface area contributed by atoms with Gasteiger partial charge in [-0.3, -0.25) is 4.79 Å². The number of aromatic amines is 1. The normalized spacial score (nSPS) is 13.8. The molecule has 0 bridgehead atoms. The highest BCUT2D eigenvalue weighted by atomic mass is 16.2. The average Bonchev–Trinajstić information content (AvgIpc) is 3.20. The molecule has 2 aromatic heterocycles. The summed E-state index contributed by atoms with van der Waals surface area (Å²) in [6.45, 7) is 4.35. The van der Waals surface area contributed by atoms with E-state index in [0.717, 1.165) is 23.3 Å². The van der Waals surface area contributed by atoms with Gasteiger partial charge in [0.2, 0.25) is 5.91 Å². The van der Waals surface area contributed by atoms with Gasteiger partial charge in [0.05, 0.1) is 17.1 Å². The van der Waals surface area contributed by atoms with E-state index in [1.54, 1.807) is 0 Å². The fraction of sp³-hybridized carbons (Fsp3) is 0.375. The van der Waals surface area contributed by atoms with E-state index in [1.165, 1.54) is 17.3 Å². The van der Waals surface area contributed by atoms with Crippen LogP contribution in [-0.2, 0) is 11.3 Å². The maximum absolute atomic E-state index is 12.3. The lowest BCUT2D eigenvalue weighted by atomic mass is 9.98. The molecule has 3 rings (SSSR count). The maximum atomic E-state index is 12.3. The number of para-hydroxylation sites is 2. The van der Waals surface area contributed by atoms with Crippen LogP contribution < -0.4 is 5.32 Å². The van der Waals surface area contributed by atoms with E-state index < -0.39 is 0 Å². The van der Waals surface area contributed by atoms with Crippen molar-refractivity contribution in [3.8, 4) is 0 Å². The monoisotopic (exact) mass is 312 g/mol. The molecule has 0 radical (unpaired) electrons. The van der Waals surface area contributed by atoms with Crippen molar-refractivity contribution in [2.45, 2.75) is 32.9 Å². The van der Waals surface area contributed by atoms with Gasteiger partial charge in [-0.1, -0.05) is 32.4 Å². The molecule has 2 atom stereocenters. The topological polar surface area (TPSA) is 88.5 Å². The molecule has 0 spiro atoms. The van der Waals surface area contributed by atoms with Gasteiger partial charge in [-0.15, -0.1) is 0 Å². The highest BCUT2D eigenvalue weighted by molar-refractivity contribution is 5.77. The molecule has 0 aliphatic heterocycles. The lowest BCUT2D eigenvalue weighted by Crippen LogP contribution is -2.35. The summed E-state index contributed by atoms with van der Waals surface area (Å²) in [7, 11) is 0. The molecular weight excluding hydrogens is 292 g/mol. The number of fused-ring (bicyclic) bond motifs is 1. The number of carbonyl (C=O) groups is 1. The number of H-pyrrole nitrogens is 1. The summed E-state index contributed by atoms with van der Waals surface area (Å²) in [6, 6.07) is 7.69. The first-order valence-electron chi connectivity index (χ1n) is 7.73. The third-order valence-corrected chi connectivity index (χ3v) is 4.00. The summed E-state index contributed by atoms with van der Waals surface area (Å²) >= 11 is 0. The van der Waals surface area contributed by atoms with Crippen LogP contribution in [0.5, 0.6) is 0 Å². The van der Waals surface area contributed by atoms with Crippen LogP contribution in [0.25, 0.3) is 11.0 Å². The average molecular weight is 312 g/mol. The molecule has 2 heterocycles. The van der Waals surface area contributed by atoms with Gasteiger partial charge >= 0.3 is 0 Å². The SMILES string of the molecule is CC[C@@H](C)[C@H](NC(=O)Cn1cncn1)c1nc2ccccc2[nH]1. The molecule has 1 aromatic carbocycles. The second kappa shape index (κ2) is 6.60. The van der Waals surface area contributed by atoms with Crippen LogP contribution in [0.2, 0.25) is 0 Å². The van der Waals surface area contributed by atoms with Crippen LogP contribution in [0, 0.1) is 5.92 Å². The van der Waals surface area contributed by atoms with E-state index in [9.17, 15) is 4.79 Å². The number of nitrogens with one attached hydrogen (secondary N) is 2. The molecule has 0 aliphatic rings. The molecular formula is C16H20N6O. The Morgan fingerprint density at radius 1 is 1.39 bits per heavy atom. The Hall–Kier alpha value is -2.70. The van der Waals surface area contributed by atoms with Crippen molar-refractivity contribution in [3.63, 3.8) is 0 Å². The molecule has 120 valence electrons. The van der Waals surface area contributed by atoms with Crippen LogP contribution in [0.3, 0.4) is 0 Å². The lowest BCUT2D eigenvalue weighted by molar-refractivity contribution is -0.123. The van der Waals surface area contributed by atoms with Gasteiger partial charge in [0, 0.05) is 0 Å². The van der Waals surface area contributed by atoms with Crippen LogP contribution in [0.15, 0.2) is 36.9 Å². The van der Waals surface area contributed by atoms with Crippen LogP contribution >= 0.6 is 0 Å². The first kappa shape index (κ1) is 15.2. The second-order valence-electron chi connectivity index (χ2n) is 5.66. The molecule has 2 N–H and O–H groups in total. The molecule has 7 heteroatoms. The summed E-state index contributed by atoms with van der Waals surface area (Å²) in [6.07, 6.45) is 3.88. The highest BCUT2D eigenvalue weighted by Crippen LogP contribution is 2.24. The minimum Gasteiger partial charge on any atom is -0.344 e. The molecule has 0 saturated carbocycles. The van der Waals surface area contributed by atoms with Gasteiger partial charge < -0.3 is 10.3 Å². The Bertz CT molecular complexity index is 746. The first-order chi connectivity index (χ1) is 11.2. The molecule has 0 fully saturated rings. The summed E-state index contributed by atoms with van der Waals surface area (Å²) in [5.74, 6) is 0.934. The van der Waals surface area contributed by atoms with Crippen LogP contribution in [0.1, 0.15) is 32.1 Å². The summed E-state index contributed by atoms with van der Waals surface area (Å²) < 4.78 is 1.50. The van der Waals surface area contributed by atoms with Crippen LogP contribution in [0.4, 0.5) is 0 Å². The quantitative estimate of drug-likeness (QED) is 0.729. The molecule has 0 saturated heterocycles. The number of aromatic nitrogens is 5. The molecule has 0 unspecified atom stereocenters. The number of hydrogen-bond acceptors (Lipinski definition) is 4. The number of carbonyl (C=O) groups excluding carboxylic acids is 1. The van der Waals surface area contributed by atoms with Crippen molar-refractivity contribution in [2.24, 2.45) is 5.92 Å². The van der Waals surface area contributed by atoms with E-state index in [2.05, 4.69) is 39.2 Å². The number of nitrogens with zero attached hydrogens (tertiary/aromatic N) is 4. The zero-order valence-electron chi connectivity index (χ0n) is 13.2. The number of rotatable bonds is 6. The van der Waals surface area contributed by atoms with E-state index >= 15 is 0 Å². The van der Waals surface area contributed by atoms with Gasteiger partial charge in [-0.2, -0.15) is 5.10 Å². The Balaban J connectivity index is 1.81. The summed E-state index contributed by atoms with van der Waals surface area (Å²) in [5, 5.41) is 7.02. The smallest absolute Gasteiger partial charge is 0.242 e. The second-order valence-corrected chi connectivity index (χ2v) is 5.66. The van der Waals surface area contributed by atoms with E-state index in [4.69, 9.17) is 0 Å². The van der Waals surface area contributed by atoms with Crippen molar-refractivity contribution in [1.29, 1.82) is 0 Å². The van der Waals surface area contributed by atoms with Crippen molar-refractivity contribution in [2.75, 3.05) is 0 Å². The summed E-state index contributed by atoms with van der Waals surface area (Å²) in [4.78, 5) is 24.1. The van der Waals surface area contributed by atoms with Crippen molar-refractivity contribution >= 4 is 16.9 Å². The molecule has 1 amide bonds. The standard InChI is InChI=1S/C16H20N6O/c1-3-11(2)15(21-14(23)8-22-10-17-9-18-22)16-19-12-6-4-5-7-13(12)20-16/h4-7,9-11,15H,3,8H2,1-2H3,(H,19,20)(H,21,23)/t11-,15+/m1/s1. The summed E-state index contributed by atoms with van der Waals surface area (Å²) in [5.41, 5.74) is 1.88. The molecule has 23 heavy (non-hydrogen) atoms. The largest absolute Gasteiger partial charge is 0.344 e. The highest BCUT2D eigenvalue weighted by Gasteiger charge is 2.23. The zero-order valence-corrected chi connectivity index (χ0v) is 13.2. The van der Waals surface area contributed by atoms with Crippen molar-refractivity contribution < 1.29 is 4.79 Å². The fourth-order valence-corrected chi connectivity index (χ4v) is 2.52. The van der Waals surface area contributed by atoms with Gasteiger partial charge in [-0.05, 0) is 18.1 Å². The van der Waals surface area contributed by atoms with E-state index in [-0.39, 0.29) is 24.4 Å². The number of amides is 1. The third-order valence-electron chi connectivity index (χ3n) is 4.00. The molecule has 3 aromatic rings. The Labute approximate surface area is 134 Å². The Kier molecular flexibility index (Phi) is 4.36. The lowest BCUT2D eigenvalue weighted by Gasteiger charge is -2.22. The van der Waals surface area contributed by atoms with E-state index in [1.807, 2.05) is 24.3 Å². The zero-order chi connectivity index (χ0) is 16.2. The maximum Gasteiger partial charge on any atom is 0.242 e. The van der Waals surface area contributed by atoms with Gasteiger partial charge in [0.15, 0.2) is 0 Å². The minimum atomic E-state index is -0.163. The van der Waals surface area contributed by atoms with Crippen molar-refractivity contribution in [3.05, 3.63) is 42.7 Å². The predicted molar refractivity (Wildman–Crippen MR) is 86.5 cm³/mol. The van der Waals surface area contributed by atoms with Gasteiger partial charge in [-0.25, -0.2) is 14.6 Å². The van der Waals surface area contributed by atoms with Crippen molar-refractivity contribution in [1.82, 2.24) is 30.0 Å². The predicted octanol–water partition coefficient (Wildman–Crippen LogP) is 2.06. The third kappa shape index (κ3) is 3.39. The van der Waals surface area contributed by atoms with Crippen LogP contribution in [-0.4, -0.2) is 30.6 Å². The van der Waals surface area contributed by atoms with Gasteiger partial charge in [0.1, 0.15) is 25.0 Å². The fourth-order valence-electron chi connectivity index (χ4n) is 2.52. The number of imidazole rings is 1. The minimum absolute atomic E-state index is 0.110. The number of hydrogen-bond donors (Lipinski definition) is 2. The molecule has 0 aliphatic carbocycles. The Morgan fingerprint density at radius 3 is 2.91 bits per heavy atom. The molecule has 7 nitrogen and oxygen atoms in total. The van der Waals surface area contributed by atoms with Gasteiger partial charge in [0.25, 0.3) is 0 Å². The van der Waals surface area contributed by atoms with E-state index in [0.29, 0.717) is 0 Å².